The van der Waals surface area contributed by atoms with Gasteiger partial charge in [0.1, 0.15) is 6.61 Å². The Morgan fingerprint density at radius 3 is 2.55 bits per heavy atom. The maximum atomic E-state index is 13.7. The van der Waals surface area contributed by atoms with Gasteiger partial charge in [0, 0.05) is 44.2 Å². The van der Waals surface area contributed by atoms with Gasteiger partial charge in [-0.15, -0.1) is 0 Å². The average Bonchev–Trinajstić information content (AvgIpc) is 3.16. The summed E-state index contributed by atoms with van der Waals surface area (Å²) in [5, 5.41) is 0. The first-order valence-electron chi connectivity index (χ1n) is 9.90. The lowest BCUT2D eigenvalue weighted by Crippen LogP contribution is -2.43. The Morgan fingerprint density at radius 2 is 1.97 bits per heavy atom. The Labute approximate surface area is 168 Å². The van der Waals surface area contributed by atoms with Crippen LogP contribution in [0.15, 0.2) is 12.1 Å². The molecule has 2 N–H and O–H groups in total. The minimum atomic E-state index is -0.989. The molecule has 1 fully saturated rings. The molecule has 1 saturated heterocycles. The van der Waals surface area contributed by atoms with E-state index in [1.807, 2.05) is 30.6 Å². The fourth-order valence-corrected chi connectivity index (χ4v) is 3.60. The summed E-state index contributed by atoms with van der Waals surface area (Å²) in [5.41, 5.74) is 5.99. The fraction of sp³-hybridized carbons (Fsp3) is 0.550. The number of nitrogens with zero attached hydrogens (tertiary/aromatic N) is 4. The van der Waals surface area contributed by atoms with Crippen LogP contribution in [-0.4, -0.2) is 59.6 Å². The van der Waals surface area contributed by atoms with Gasteiger partial charge in [-0.25, -0.2) is 18.7 Å². The second-order valence-electron chi connectivity index (χ2n) is 7.41. The molecule has 3 rings (SSSR count). The molecule has 0 saturated carbocycles. The molecule has 1 aromatic heterocycles. The molecule has 1 amide bonds. The van der Waals surface area contributed by atoms with Crippen LogP contribution in [-0.2, 0) is 4.79 Å². The molecule has 0 aliphatic carbocycles. The highest BCUT2D eigenvalue weighted by molar-refractivity contribution is 5.79. The van der Waals surface area contributed by atoms with E-state index in [1.54, 1.807) is 0 Å². The summed E-state index contributed by atoms with van der Waals surface area (Å²) in [5.74, 6) is -1.25. The number of hydrogen-bond acceptors (Lipinski definition) is 6. The van der Waals surface area contributed by atoms with Gasteiger partial charge in [0.05, 0.1) is 17.1 Å². The second-order valence-corrected chi connectivity index (χ2v) is 7.41. The summed E-state index contributed by atoms with van der Waals surface area (Å²) in [7, 11) is 0. The van der Waals surface area contributed by atoms with Crippen molar-refractivity contribution in [1.82, 2.24) is 14.9 Å². The standard InChI is InChI=1S/C20H27F2N5O2/c1-4-27(20(28)12(2)3)13-5-7-26(11-13)18-19(29-8-6-23)25-17-10-15(22)14(21)9-16(17)24-18/h9-10,12-13H,4-8,11,23H2,1-3H3/t13-/m0/s1. The van der Waals surface area contributed by atoms with Crippen LogP contribution in [0.5, 0.6) is 5.88 Å². The zero-order valence-corrected chi connectivity index (χ0v) is 17.0. The van der Waals surface area contributed by atoms with Crippen molar-refractivity contribution in [2.75, 3.05) is 37.7 Å². The number of carbonyl (C=O) groups excluding carboxylic acids is 1. The number of nitrogens with two attached hydrogens (primary N) is 1. The van der Waals surface area contributed by atoms with Crippen molar-refractivity contribution >= 4 is 22.8 Å². The number of likely N-dealkylation sites (N-methyl/N-ethyl adjacent to an activating group) is 1. The van der Waals surface area contributed by atoms with E-state index in [2.05, 4.69) is 9.97 Å². The molecule has 1 aliphatic heterocycles. The monoisotopic (exact) mass is 407 g/mol. The summed E-state index contributed by atoms with van der Waals surface area (Å²) < 4.78 is 32.9. The first-order chi connectivity index (χ1) is 13.8. The molecule has 2 aromatic rings. The number of halogens is 2. The van der Waals surface area contributed by atoms with Gasteiger partial charge in [-0.05, 0) is 13.3 Å². The molecule has 0 unspecified atom stereocenters. The molecular formula is C20H27F2N5O2. The molecule has 7 nitrogen and oxygen atoms in total. The van der Waals surface area contributed by atoms with Crippen molar-refractivity contribution in [2.24, 2.45) is 11.7 Å². The van der Waals surface area contributed by atoms with Gasteiger partial charge >= 0.3 is 0 Å². The number of benzene rings is 1. The lowest BCUT2D eigenvalue weighted by atomic mass is 10.1. The van der Waals surface area contributed by atoms with E-state index in [0.717, 1.165) is 18.6 Å². The number of amides is 1. The van der Waals surface area contributed by atoms with Gasteiger partial charge in [-0.3, -0.25) is 4.79 Å². The van der Waals surface area contributed by atoms with E-state index in [4.69, 9.17) is 10.5 Å². The Hall–Kier alpha value is -2.55. The summed E-state index contributed by atoms with van der Waals surface area (Å²) in [6, 6.07) is 2.07. The van der Waals surface area contributed by atoms with Crippen molar-refractivity contribution in [1.29, 1.82) is 0 Å². The maximum Gasteiger partial charge on any atom is 0.258 e. The van der Waals surface area contributed by atoms with Gasteiger partial charge < -0.3 is 20.3 Å². The molecule has 2 heterocycles. The lowest BCUT2D eigenvalue weighted by molar-refractivity contribution is -0.136. The van der Waals surface area contributed by atoms with E-state index in [0.29, 0.717) is 25.5 Å². The molecule has 158 valence electrons. The largest absolute Gasteiger partial charge is 0.474 e. The van der Waals surface area contributed by atoms with Crippen LogP contribution in [0, 0.1) is 17.6 Å². The zero-order chi connectivity index (χ0) is 21.1. The van der Waals surface area contributed by atoms with Crippen LogP contribution in [0.1, 0.15) is 27.2 Å². The number of hydrogen-bond donors (Lipinski definition) is 1. The second kappa shape index (κ2) is 8.86. The first kappa shape index (κ1) is 21.2. The molecule has 0 radical (unpaired) electrons. The summed E-state index contributed by atoms with van der Waals surface area (Å²) >= 11 is 0. The summed E-state index contributed by atoms with van der Waals surface area (Å²) in [4.78, 5) is 25.2. The Balaban J connectivity index is 1.93. The van der Waals surface area contributed by atoms with Gasteiger partial charge in [0.15, 0.2) is 17.5 Å². The van der Waals surface area contributed by atoms with E-state index in [9.17, 15) is 13.6 Å². The minimum absolute atomic E-state index is 0.0414. The van der Waals surface area contributed by atoms with Crippen LogP contribution < -0.4 is 15.4 Å². The molecule has 0 spiro atoms. The first-order valence-corrected chi connectivity index (χ1v) is 9.90. The van der Waals surface area contributed by atoms with Gasteiger partial charge in [0.25, 0.3) is 5.88 Å². The third-order valence-corrected chi connectivity index (χ3v) is 5.04. The highest BCUT2D eigenvalue weighted by Gasteiger charge is 2.33. The topological polar surface area (TPSA) is 84.6 Å². The Kier molecular flexibility index (Phi) is 6.46. The Morgan fingerprint density at radius 1 is 1.31 bits per heavy atom. The van der Waals surface area contributed by atoms with E-state index >= 15 is 0 Å². The zero-order valence-electron chi connectivity index (χ0n) is 17.0. The van der Waals surface area contributed by atoms with Crippen LogP contribution in [0.25, 0.3) is 11.0 Å². The quantitative estimate of drug-likeness (QED) is 0.758. The SMILES string of the molecule is CCN(C(=O)C(C)C)[C@H]1CCN(c2nc3cc(F)c(F)cc3nc2OCCN)C1. The van der Waals surface area contributed by atoms with Gasteiger partial charge in [0.2, 0.25) is 5.91 Å². The van der Waals surface area contributed by atoms with E-state index in [-0.39, 0.29) is 47.9 Å². The molecular weight excluding hydrogens is 380 g/mol. The molecule has 9 heteroatoms. The third kappa shape index (κ3) is 4.39. The fourth-order valence-electron chi connectivity index (χ4n) is 3.60. The third-order valence-electron chi connectivity index (χ3n) is 5.04. The normalized spacial score (nSPS) is 16.7. The minimum Gasteiger partial charge on any atom is -0.474 e. The molecule has 1 aromatic carbocycles. The summed E-state index contributed by atoms with van der Waals surface area (Å²) in [6.45, 7) is 8.08. The van der Waals surface area contributed by atoms with Crippen molar-refractivity contribution in [2.45, 2.75) is 33.2 Å². The molecule has 0 bridgehead atoms. The van der Waals surface area contributed by atoms with Crippen molar-refractivity contribution < 1.29 is 18.3 Å². The van der Waals surface area contributed by atoms with Crippen molar-refractivity contribution in [3.63, 3.8) is 0 Å². The van der Waals surface area contributed by atoms with E-state index in [1.165, 1.54) is 0 Å². The predicted octanol–water partition coefficient (Wildman–Crippen LogP) is 2.33. The molecule has 29 heavy (non-hydrogen) atoms. The van der Waals surface area contributed by atoms with Crippen molar-refractivity contribution in [3.8, 4) is 5.88 Å². The lowest BCUT2D eigenvalue weighted by Gasteiger charge is -2.29. The summed E-state index contributed by atoms with van der Waals surface area (Å²) in [6.07, 6.45) is 0.778. The number of aromatic nitrogens is 2. The molecule has 1 atom stereocenters. The van der Waals surface area contributed by atoms with Crippen LogP contribution >= 0.6 is 0 Å². The number of anilines is 1. The number of carbonyl (C=O) groups is 1. The maximum absolute atomic E-state index is 13.7. The van der Waals surface area contributed by atoms with Gasteiger partial charge in [-0.2, -0.15) is 0 Å². The average molecular weight is 407 g/mol. The van der Waals surface area contributed by atoms with E-state index < -0.39 is 11.6 Å². The van der Waals surface area contributed by atoms with Crippen LogP contribution in [0.4, 0.5) is 14.6 Å². The predicted molar refractivity (Wildman–Crippen MR) is 107 cm³/mol. The Bertz CT molecular complexity index is 893. The highest BCUT2D eigenvalue weighted by Crippen LogP contribution is 2.31. The van der Waals surface area contributed by atoms with Gasteiger partial charge in [-0.1, -0.05) is 13.8 Å². The molecule has 1 aliphatic rings. The number of rotatable bonds is 7. The smallest absolute Gasteiger partial charge is 0.258 e. The van der Waals surface area contributed by atoms with Crippen LogP contribution in [0.3, 0.4) is 0 Å². The number of fused-ring (bicyclic) bond motifs is 1. The number of ether oxygens (including phenoxy) is 1. The highest BCUT2D eigenvalue weighted by atomic mass is 19.2. The van der Waals surface area contributed by atoms with Crippen LogP contribution in [0.2, 0.25) is 0 Å². The van der Waals surface area contributed by atoms with Crippen molar-refractivity contribution in [3.05, 3.63) is 23.8 Å².